The van der Waals surface area contributed by atoms with Crippen LogP contribution in [0.2, 0.25) is 0 Å². The summed E-state index contributed by atoms with van der Waals surface area (Å²) in [7, 11) is 0. The van der Waals surface area contributed by atoms with Crippen molar-refractivity contribution < 1.29 is 24.1 Å². The molecular weight excluding hydrogens is 438 g/mol. The lowest BCUT2D eigenvalue weighted by atomic mass is 10.0. The van der Waals surface area contributed by atoms with Crippen LogP contribution in [0.3, 0.4) is 0 Å². The zero-order valence-electron chi connectivity index (χ0n) is 18.3. The number of aryl methyl sites for hydroxylation is 1. The number of carbonyl (C=O) groups excluding carboxylic acids is 4. The maximum absolute atomic E-state index is 13.5. The average Bonchev–Trinajstić information content (AvgIpc) is 3.09. The summed E-state index contributed by atoms with van der Waals surface area (Å²) in [5.41, 5.74) is 1.21. The van der Waals surface area contributed by atoms with Gasteiger partial charge in [0.05, 0.1) is 16.1 Å². The topological polar surface area (TPSA) is 118 Å². The van der Waals surface area contributed by atoms with Crippen LogP contribution in [0.15, 0.2) is 72.8 Å². The van der Waals surface area contributed by atoms with E-state index >= 15 is 0 Å². The van der Waals surface area contributed by atoms with Gasteiger partial charge in [0.2, 0.25) is 0 Å². The minimum absolute atomic E-state index is 0.0225. The molecule has 1 atom stereocenters. The molecule has 1 heterocycles. The Morgan fingerprint density at radius 3 is 1.85 bits per heavy atom. The van der Waals surface area contributed by atoms with Gasteiger partial charge in [-0.3, -0.25) is 29.3 Å². The van der Waals surface area contributed by atoms with E-state index in [2.05, 4.69) is 0 Å². The van der Waals surface area contributed by atoms with E-state index in [1.54, 1.807) is 36.4 Å². The van der Waals surface area contributed by atoms with Crippen LogP contribution in [-0.4, -0.2) is 44.5 Å². The second-order valence-electron chi connectivity index (χ2n) is 7.83. The van der Waals surface area contributed by atoms with Gasteiger partial charge in [-0.2, -0.15) is 5.01 Å². The Kier molecular flexibility index (Phi) is 5.77. The molecule has 0 fully saturated rings. The quantitative estimate of drug-likeness (QED) is 0.240. The number of fused-ring (bicyclic) bond motifs is 1. The second-order valence-corrected chi connectivity index (χ2v) is 7.83. The monoisotopic (exact) mass is 457 g/mol. The predicted molar refractivity (Wildman–Crippen MR) is 121 cm³/mol. The van der Waals surface area contributed by atoms with Gasteiger partial charge in [-0.25, -0.2) is 5.01 Å². The molecule has 0 saturated heterocycles. The number of nitro benzene ring substituents is 1. The third-order valence-corrected chi connectivity index (χ3v) is 5.60. The highest BCUT2D eigenvalue weighted by Crippen LogP contribution is 2.28. The van der Waals surface area contributed by atoms with Crippen LogP contribution in [0.25, 0.3) is 0 Å². The number of hydrogen-bond donors (Lipinski definition) is 0. The molecule has 4 rings (SSSR count). The van der Waals surface area contributed by atoms with Crippen molar-refractivity contribution >= 4 is 29.2 Å². The first-order chi connectivity index (χ1) is 16.2. The number of hydrogen-bond acceptors (Lipinski definition) is 6. The lowest BCUT2D eigenvalue weighted by Crippen LogP contribution is -2.56. The Balaban J connectivity index is 1.78. The molecule has 0 radical (unpaired) electrons. The van der Waals surface area contributed by atoms with Crippen LogP contribution >= 0.6 is 0 Å². The number of carbonyl (C=O) groups is 4. The Morgan fingerprint density at radius 2 is 1.35 bits per heavy atom. The van der Waals surface area contributed by atoms with Crippen LogP contribution in [0.5, 0.6) is 0 Å². The zero-order valence-corrected chi connectivity index (χ0v) is 18.3. The summed E-state index contributed by atoms with van der Waals surface area (Å²) in [5.74, 6) is -2.77. The van der Waals surface area contributed by atoms with Gasteiger partial charge in [-0.1, -0.05) is 42.0 Å². The molecule has 0 spiro atoms. The summed E-state index contributed by atoms with van der Waals surface area (Å²) < 4.78 is 0. The molecule has 0 bridgehead atoms. The van der Waals surface area contributed by atoms with Crippen molar-refractivity contribution in [3.63, 3.8) is 0 Å². The van der Waals surface area contributed by atoms with Crippen molar-refractivity contribution in [2.24, 2.45) is 0 Å². The molecule has 3 aromatic rings. The number of Topliss-reactive ketones (excluding diaryl/α,β-unsaturated/α-hetero) is 1. The molecule has 0 aliphatic carbocycles. The molecule has 3 amide bonds. The van der Waals surface area contributed by atoms with Crippen molar-refractivity contribution in [3.8, 4) is 0 Å². The van der Waals surface area contributed by atoms with Crippen LogP contribution in [0, 0.1) is 17.0 Å². The molecular formula is C25H19N3O6. The van der Waals surface area contributed by atoms with Crippen molar-refractivity contribution in [3.05, 3.63) is 111 Å². The standard InChI is InChI=1S/C25H19N3O6/c1-15-7-9-17(10-8-15)22(29)16(2)26(23(30)18-11-13-19(14-12-18)28(33)34)27-24(31)20-5-3-4-6-21(20)25(27)32/h3-14,16H,1-2H3/t16-/m1/s1. The highest BCUT2D eigenvalue weighted by atomic mass is 16.6. The van der Waals surface area contributed by atoms with Gasteiger partial charge in [-0.15, -0.1) is 0 Å². The number of amides is 3. The van der Waals surface area contributed by atoms with E-state index < -0.39 is 34.5 Å². The third kappa shape index (κ3) is 3.83. The van der Waals surface area contributed by atoms with Crippen molar-refractivity contribution in [1.82, 2.24) is 10.0 Å². The molecule has 1 aliphatic heterocycles. The fraction of sp³-hybridized carbons (Fsp3) is 0.120. The fourth-order valence-corrected chi connectivity index (χ4v) is 3.74. The molecule has 0 saturated carbocycles. The Bertz CT molecular complexity index is 1300. The lowest BCUT2D eigenvalue weighted by molar-refractivity contribution is -0.384. The van der Waals surface area contributed by atoms with E-state index in [-0.39, 0.29) is 22.4 Å². The number of non-ortho nitro benzene ring substituents is 1. The van der Waals surface area contributed by atoms with Gasteiger partial charge in [0.25, 0.3) is 23.4 Å². The highest BCUT2D eigenvalue weighted by Gasteiger charge is 2.44. The van der Waals surface area contributed by atoms with Crippen molar-refractivity contribution in [1.29, 1.82) is 0 Å². The SMILES string of the molecule is Cc1ccc(C(=O)[C@@H](C)N(C(=O)c2ccc([N+](=O)[O-])cc2)N2C(=O)c3ccccc3C2=O)cc1. The molecule has 1 aliphatic rings. The highest BCUT2D eigenvalue weighted by molar-refractivity contribution is 6.22. The number of rotatable bonds is 6. The molecule has 0 N–H and O–H groups in total. The van der Waals surface area contributed by atoms with Gasteiger partial charge >= 0.3 is 0 Å². The largest absolute Gasteiger partial charge is 0.292 e. The smallest absolute Gasteiger partial charge is 0.280 e. The van der Waals surface area contributed by atoms with Gasteiger partial charge in [-0.05, 0) is 38.1 Å². The van der Waals surface area contributed by atoms with Gasteiger partial charge < -0.3 is 0 Å². The number of nitrogens with zero attached hydrogens (tertiary/aromatic N) is 3. The summed E-state index contributed by atoms with van der Waals surface area (Å²) in [5, 5.41) is 12.5. The van der Waals surface area contributed by atoms with Gasteiger partial charge in [0.15, 0.2) is 5.78 Å². The molecule has 3 aromatic carbocycles. The van der Waals surface area contributed by atoms with E-state index in [0.29, 0.717) is 10.6 Å². The van der Waals surface area contributed by atoms with Gasteiger partial charge in [0, 0.05) is 23.3 Å². The molecule has 0 aromatic heterocycles. The van der Waals surface area contributed by atoms with Crippen LogP contribution in [0.4, 0.5) is 5.69 Å². The first kappa shape index (κ1) is 22.5. The zero-order chi connectivity index (χ0) is 24.6. The molecule has 34 heavy (non-hydrogen) atoms. The average molecular weight is 457 g/mol. The molecule has 170 valence electrons. The summed E-state index contributed by atoms with van der Waals surface area (Å²) in [6.45, 7) is 3.29. The van der Waals surface area contributed by atoms with E-state index in [4.69, 9.17) is 0 Å². The second kappa shape index (κ2) is 8.70. The fourth-order valence-electron chi connectivity index (χ4n) is 3.74. The minimum atomic E-state index is -1.23. The van der Waals surface area contributed by atoms with Crippen LogP contribution in [-0.2, 0) is 0 Å². The first-order valence-corrected chi connectivity index (χ1v) is 10.4. The lowest BCUT2D eigenvalue weighted by Gasteiger charge is -2.34. The third-order valence-electron chi connectivity index (χ3n) is 5.60. The van der Waals surface area contributed by atoms with E-state index in [9.17, 15) is 29.3 Å². The Hall–Kier alpha value is -4.66. The first-order valence-electron chi connectivity index (χ1n) is 10.4. The summed E-state index contributed by atoms with van der Waals surface area (Å²) >= 11 is 0. The summed E-state index contributed by atoms with van der Waals surface area (Å²) in [6, 6.07) is 16.3. The summed E-state index contributed by atoms with van der Waals surface area (Å²) in [4.78, 5) is 63.5. The maximum atomic E-state index is 13.5. The van der Waals surface area contributed by atoms with Crippen LogP contribution in [0.1, 0.15) is 53.9 Å². The van der Waals surface area contributed by atoms with Gasteiger partial charge in [0.1, 0.15) is 6.04 Å². The number of ketones is 1. The normalized spacial score (nSPS) is 13.4. The van der Waals surface area contributed by atoms with Crippen LogP contribution < -0.4 is 0 Å². The number of imide groups is 1. The molecule has 9 heteroatoms. The van der Waals surface area contributed by atoms with Crippen molar-refractivity contribution in [2.45, 2.75) is 19.9 Å². The van der Waals surface area contributed by atoms with E-state index in [0.717, 1.165) is 22.7 Å². The number of benzene rings is 3. The number of hydrazine groups is 1. The maximum Gasteiger partial charge on any atom is 0.280 e. The minimum Gasteiger partial charge on any atom is -0.292 e. The number of nitro groups is 1. The Labute approximate surface area is 194 Å². The predicted octanol–water partition coefficient (Wildman–Crippen LogP) is 3.83. The molecule has 9 nitrogen and oxygen atoms in total. The molecule has 0 unspecified atom stereocenters. The Morgan fingerprint density at radius 1 is 0.853 bits per heavy atom. The summed E-state index contributed by atoms with van der Waals surface area (Å²) in [6.07, 6.45) is 0. The van der Waals surface area contributed by atoms with Crippen molar-refractivity contribution in [2.75, 3.05) is 0 Å². The van der Waals surface area contributed by atoms with E-state index in [1.807, 2.05) is 6.92 Å². The van der Waals surface area contributed by atoms with E-state index in [1.165, 1.54) is 31.2 Å².